The Morgan fingerprint density at radius 3 is 1.58 bits per heavy atom. The van der Waals surface area contributed by atoms with Crippen molar-refractivity contribution in [3.05, 3.63) is 144 Å². The second kappa shape index (κ2) is 9.85. The fraction of sp³-hybridized carbons (Fsp3) is 0.167. The Morgan fingerprint density at radius 2 is 1.12 bits per heavy atom. The van der Waals surface area contributed by atoms with Gasteiger partial charge in [-0.3, -0.25) is 4.90 Å². The summed E-state index contributed by atoms with van der Waals surface area (Å²) in [5.74, 6) is -0.285. The van der Waals surface area contributed by atoms with E-state index in [1.165, 1.54) is 11.1 Å². The number of likely N-dealkylation sites (tertiary alicyclic amines) is 1. The van der Waals surface area contributed by atoms with Crippen LogP contribution in [0.1, 0.15) is 45.6 Å². The van der Waals surface area contributed by atoms with Gasteiger partial charge in [-0.05, 0) is 35.2 Å². The molecule has 2 unspecified atom stereocenters. The van der Waals surface area contributed by atoms with Gasteiger partial charge in [-0.2, -0.15) is 0 Å². The van der Waals surface area contributed by atoms with Gasteiger partial charge in [-0.15, -0.1) is 0 Å². The van der Waals surface area contributed by atoms with Crippen LogP contribution in [0.3, 0.4) is 0 Å². The minimum absolute atomic E-state index is 0.0884. The average molecular weight is 434 g/mol. The molecule has 1 aliphatic heterocycles. The van der Waals surface area contributed by atoms with E-state index < -0.39 is 0 Å². The lowest BCUT2D eigenvalue weighted by molar-refractivity contribution is -0.0511. The standard InChI is InChI=1S/C30H27NO2/c32-30(26-19-11-4-12-20-26)33-29(25-17-9-3-10-18-25)27-21-22-31(27)28(23-13-5-1-6-14-23)24-15-7-2-8-16-24/h1-20,27-29H,21-22H2. The number of hydrogen-bond donors (Lipinski definition) is 0. The number of esters is 1. The summed E-state index contributed by atoms with van der Waals surface area (Å²) in [4.78, 5) is 15.5. The van der Waals surface area contributed by atoms with Crippen molar-refractivity contribution in [2.75, 3.05) is 6.54 Å². The molecule has 1 aliphatic rings. The molecule has 3 heteroatoms. The molecule has 33 heavy (non-hydrogen) atoms. The van der Waals surface area contributed by atoms with Gasteiger partial charge in [0.05, 0.1) is 17.6 Å². The van der Waals surface area contributed by atoms with Crippen molar-refractivity contribution < 1.29 is 9.53 Å². The van der Waals surface area contributed by atoms with Crippen LogP contribution in [0.5, 0.6) is 0 Å². The maximum Gasteiger partial charge on any atom is 0.338 e. The molecule has 3 nitrogen and oxygen atoms in total. The first kappa shape index (κ1) is 21.2. The average Bonchev–Trinajstić information content (AvgIpc) is 2.88. The molecule has 5 rings (SSSR count). The third kappa shape index (κ3) is 4.59. The first-order chi connectivity index (χ1) is 16.3. The molecule has 0 N–H and O–H groups in total. The number of rotatable bonds is 7. The molecular formula is C30H27NO2. The summed E-state index contributed by atoms with van der Waals surface area (Å²) in [6.45, 7) is 0.950. The highest BCUT2D eigenvalue weighted by Gasteiger charge is 2.42. The number of hydrogen-bond acceptors (Lipinski definition) is 3. The molecule has 0 amide bonds. The van der Waals surface area contributed by atoms with Crippen LogP contribution in [-0.4, -0.2) is 23.5 Å². The highest BCUT2D eigenvalue weighted by atomic mass is 16.5. The predicted octanol–water partition coefficient (Wildman–Crippen LogP) is 6.45. The third-order valence-electron chi connectivity index (χ3n) is 6.39. The van der Waals surface area contributed by atoms with Crippen molar-refractivity contribution in [1.29, 1.82) is 0 Å². The lowest BCUT2D eigenvalue weighted by atomic mass is 9.86. The largest absolute Gasteiger partial charge is 0.452 e. The van der Waals surface area contributed by atoms with Crippen molar-refractivity contribution in [2.45, 2.75) is 24.6 Å². The van der Waals surface area contributed by atoms with Gasteiger partial charge < -0.3 is 4.74 Å². The van der Waals surface area contributed by atoms with Gasteiger partial charge in [0.2, 0.25) is 0 Å². The molecule has 0 aliphatic carbocycles. The zero-order valence-electron chi connectivity index (χ0n) is 18.5. The van der Waals surface area contributed by atoms with Crippen molar-refractivity contribution in [1.82, 2.24) is 4.90 Å². The minimum atomic E-state index is -0.345. The Bertz CT molecular complexity index is 1120. The number of ether oxygens (including phenoxy) is 1. The minimum Gasteiger partial charge on any atom is -0.452 e. The van der Waals surface area contributed by atoms with Crippen molar-refractivity contribution in [3.8, 4) is 0 Å². The number of nitrogens with zero attached hydrogens (tertiary/aromatic N) is 1. The molecule has 4 aromatic carbocycles. The van der Waals surface area contributed by atoms with Crippen molar-refractivity contribution in [2.24, 2.45) is 0 Å². The van der Waals surface area contributed by atoms with Crippen molar-refractivity contribution >= 4 is 5.97 Å². The highest BCUT2D eigenvalue weighted by molar-refractivity contribution is 5.89. The molecule has 164 valence electrons. The molecule has 0 saturated carbocycles. The van der Waals surface area contributed by atoms with E-state index in [9.17, 15) is 4.79 Å². The van der Waals surface area contributed by atoms with Crippen LogP contribution in [0, 0.1) is 0 Å². The van der Waals surface area contributed by atoms with Crippen LogP contribution in [-0.2, 0) is 4.74 Å². The van der Waals surface area contributed by atoms with Gasteiger partial charge in [-0.25, -0.2) is 4.79 Å². The molecule has 0 radical (unpaired) electrons. The molecule has 4 aromatic rings. The van der Waals surface area contributed by atoms with Gasteiger partial charge in [0.25, 0.3) is 0 Å². The predicted molar refractivity (Wildman–Crippen MR) is 131 cm³/mol. The summed E-state index contributed by atoms with van der Waals surface area (Å²) in [6, 6.07) is 40.7. The lowest BCUT2D eigenvalue weighted by Gasteiger charge is -2.49. The zero-order valence-corrected chi connectivity index (χ0v) is 18.5. The fourth-order valence-electron chi connectivity index (χ4n) is 4.69. The summed E-state index contributed by atoms with van der Waals surface area (Å²) in [5.41, 5.74) is 4.09. The second-order valence-electron chi connectivity index (χ2n) is 8.42. The van der Waals surface area contributed by atoms with Crippen LogP contribution < -0.4 is 0 Å². The van der Waals surface area contributed by atoms with E-state index in [1.807, 2.05) is 48.5 Å². The first-order valence-electron chi connectivity index (χ1n) is 11.5. The molecule has 0 bridgehead atoms. The monoisotopic (exact) mass is 433 g/mol. The van der Waals surface area contributed by atoms with E-state index in [4.69, 9.17) is 4.74 Å². The van der Waals surface area contributed by atoms with E-state index in [0.717, 1.165) is 18.5 Å². The Morgan fingerprint density at radius 1 is 0.667 bits per heavy atom. The van der Waals surface area contributed by atoms with Gasteiger partial charge >= 0.3 is 5.97 Å². The highest BCUT2D eigenvalue weighted by Crippen LogP contribution is 2.42. The lowest BCUT2D eigenvalue weighted by Crippen LogP contribution is -2.53. The van der Waals surface area contributed by atoms with E-state index in [0.29, 0.717) is 5.56 Å². The van der Waals surface area contributed by atoms with Crippen LogP contribution in [0.4, 0.5) is 0 Å². The Hall–Kier alpha value is -3.69. The van der Waals surface area contributed by atoms with Crippen LogP contribution in [0.2, 0.25) is 0 Å². The second-order valence-corrected chi connectivity index (χ2v) is 8.42. The molecule has 1 saturated heterocycles. The zero-order chi connectivity index (χ0) is 22.5. The summed E-state index contributed by atoms with van der Waals surface area (Å²) in [5, 5.41) is 0. The molecule has 0 aromatic heterocycles. The number of benzene rings is 4. The third-order valence-corrected chi connectivity index (χ3v) is 6.39. The van der Waals surface area contributed by atoms with E-state index in [-0.39, 0.29) is 24.2 Å². The van der Waals surface area contributed by atoms with Crippen LogP contribution in [0.15, 0.2) is 121 Å². The normalized spacial score (nSPS) is 16.7. The molecule has 0 spiro atoms. The van der Waals surface area contributed by atoms with Crippen LogP contribution >= 0.6 is 0 Å². The van der Waals surface area contributed by atoms with Gasteiger partial charge in [-0.1, -0.05) is 109 Å². The van der Waals surface area contributed by atoms with Crippen molar-refractivity contribution in [3.63, 3.8) is 0 Å². The Labute approximate surface area is 195 Å². The number of carbonyl (C=O) groups excluding carboxylic acids is 1. The SMILES string of the molecule is O=C(OC(c1ccccc1)C1CCN1C(c1ccccc1)c1ccccc1)c1ccccc1. The van der Waals surface area contributed by atoms with Gasteiger partial charge in [0.1, 0.15) is 6.10 Å². The Kier molecular flexibility index (Phi) is 6.32. The van der Waals surface area contributed by atoms with Crippen LogP contribution in [0.25, 0.3) is 0 Å². The summed E-state index contributed by atoms with van der Waals surface area (Å²) >= 11 is 0. The molecular weight excluding hydrogens is 406 g/mol. The Balaban J connectivity index is 1.49. The van der Waals surface area contributed by atoms with E-state index in [1.54, 1.807) is 12.1 Å². The molecule has 1 heterocycles. The maximum atomic E-state index is 13.0. The first-order valence-corrected chi connectivity index (χ1v) is 11.5. The quantitative estimate of drug-likeness (QED) is 0.314. The van der Waals surface area contributed by atoms with E-state index >= 15 is 0 Å². The van der Waals surface area contributed by atoms with E-state index in [2.05, 4.69) is 65.6 Å². The summed E-state index contributed by atoms with van der Waals surface area (Å²) in [7, 11) is 0. The molecule has 1 fully saturated rings. The number of carbonyl (C=O) groups is 1. The summed E-state index contributed by atoms with van der Waals surface area (Å²) in [6.07, 6.45) is 0.625. The fourth-order valence-corrected chi connectivity index (χ4v) is 4.69. The van der Waals surface area contributed by atoms with Gasteiger partial charge in [0.15, 0.2) is 0 Å². The van der Waals surface area contributed by atoms with Gasteiger partial charge in [0, 0.05) is 6.54 Å². The smallest absolute Gasteiger partial charge is 0.338 e. The summed E-state index contributed by atoms with van der Waals surface area (Å²) < 4.78 is 6.20. The maximum absolute atomic E-state index is 13.0. The molecule has 2 atom stereocenters. The topological polar surface area (TPSA) is 29.5 Å².